The molecule has 76 valence electrons. The number of aromatic carboxylic acids is 1. The van der Waals surface area contributed by atoms with Gasteiger partial charge in [0.2, 0.25) is 0 Å². The van der Waals surface area contributed by atoms with Gasteiger partial charge in [0.15, 0.2) is 0 Å². The van der Waals surface area contributed by atoms with Crippen LogP contribution in [0.2, 0.25) is 0 Å². The van der Waals surface area contributed by atoms with Crippen molar-refractivity contribution < 1.29 is 14.3 Å². The average Bonchev–Trinajstić information content (AvgIpc) is 2.70. The van der Waals surface area contributed by atoms with Crippen molar-refractivity contribution in [1.82, 2.24) is 14.8 Å². The Kier molecular flexibility index (Phi) is 2.17. The number of carboxylic acids is 1. The third-order valence-corrected chi connectivity index (χ3v) is 1.85. The third kappa shape index (κ3) is 1.69. The highest BCUT2D eigenvalue weighted by Crippen LogP contribution is 2.14. The molecule has 5 nitrogen and oxygen atoms in total. The normalized spacial score (nSPS) is 10.2. The topological polar surface area (TPSA) is 68.0 Å². The molecule has 0 aliphatic rings. The van der Waals surface area contributed by atoms with Crippen molar-refractivity contribution in [3.63, 3.8) is 0 Å². The summed E-state index contributed by atoms with van der Waals surface area (Å²) in [5.41, 5.74) is 0.127. The molecule has 0 bridgehead atoms. The minimum absolute atomic E-state index is 0.152. The number of hydrogen-bond acceptors (Lipinski definition) is 3. The molecule has 0 aliphatic carbocycles. The van der Waals surface area contributed by atoms with E-state index in [1.807, 2.05) is 0 Å². The number of aromatic nitrogens is 3. The number of nitrogens with zero attached hydrogens (tertiary/aromatic N) is 3. The molecule has 1 aromatic heterocycles. The average molecular weight is 207 g/mol. The number of carbonyl (C=O) groups is 1. The van der Waals surface area contributed by atoms with E-state index in [2.05, 4.69) is 10.1 Å². The number of benzene rings is 1. The predicted octanol–water partition coefficient (Wildman–Crippen LogP) is 1.10. The fourth-order valence-corrected chi connectivity index (χ4v) is 1.21. The molecule has 0 aliphatic heterocycles. The van der Waals surface area contributed by atoms with Gasteiger partial charge in [-0.2, -0.15) is 5.10 Å². The van der Waals surface area contributed by atoms with E-state index in [-0.39, 0.29) is 11.3 Å². The second-order valence-corrected chi connectivity index (χ2v) is 2.81. The first kappa shape index (κ1) is 9.32. The summed E-state index contributed by atoms with van der Waals surface area (Å²) in [5, 5.41) is 12.6. The lowest BCUT2D eigenvalue weighted by Crippen LogP contribution is -2.06. The molecule has 2 aromatic rings. The van der Waals surface area contributed by atoms with Gasteiger partial charge in [0.05, 0.1) is 11.3 Å². The van der Waals surface area contributed by atoms with Crippen LogP contribution in [-0.2, 0) is 0 Å². The van der Waals surface area contributed by atoms with Crippen molar-refractivity contribution in [2.75, 3.05) is 0 Å². The lowest BCUT2D eigenvalue weighted by molar-refractivity contribution is 0.0696. The summed E-state index contributed by atoms with van der Waals surface area (Å²) in [5.74, 6) is -1.81. The Morgan fingerprint density at radius 1 is 1.47 bits per heavy atom. The smallest absolute Gasteiger partial charge is 0.338 e. The maximum Gasteiger partial charge on any atom is 0.338 e. The molecule has 0 unspecified atom stereocenters. The SMILES string of the molecule is O=C(O)c1cc(F)ccc1-n1cncn1. The van der Waals surface area contributed by atoms with Crippen LogP contribution in [-0.4, -0.2) is 25.8 Å². The number of carboxylic acid groups (broad SMARTS) is 1. The zero-order chi connectivity index (χ0) is 10.8. The number of rotatable bonds is 2. The minimum atomic E-state index is -1.21. The molecule has 0 radical (unpaired) electrons. The van der Waals surface area contributed by atoms with Crippen molar-refractivity contribution in [3.8, 4) is 5.69 Å². The standard InChI is InChI=1S/C9H6FN3O2/c10-6-1-2-8(7(3-6)9(14)15)13-5-11-4-12-13/h1-5H,(H,14,15). The van der Waals surface area contributed by atoms with Crippen LogP contribution >= 0.6 is 0 Å². The lowest BCUT2D eigenvalue weighted by atomic mass is 10.2. The zero-order valence-electron chi connectivity index (χ0n) is 7.46. The molecule has 1 heterocycles. The van der Waals surface area contributed by atoms with Crippen LogP contribution in [0.15, 0.2) is 30.9 Å². The molecule has 0 spiro atoms. The molecule has 1 aromatic carbocycles. The van der Waals surface area contributed by atoms with Gasteiger partial charge in [-0.25, -0.2) is 18.9 Å². The maximum absolute atomic E-state index is 12.8. The van der Waals surface area contributed by atoms with Crippen molar-refractivity contribution in [1.29, 1.82) is 0 Å². The molecular formula is C9H6FN3O2. The second kappa shape index (κ2) is 3.49. The molecule has 15 heavy (non-hydrogen) atoms. The van der Waals surface area contributed by atoms with E-state index in [9.17, 15) is 9.18 Å². The monoisotopic (exact) mass is 207 g/mol. The van der Waals surface area contributed by atoms with Crippen LogP contribution < -0.4 is 0 Å². The van der Waals surface area contributed by atoms with E-state index in [1.165, 1.54) is 29.5 Å². The summed E-state index contributed by atoms with van der Waals surface area (Å²) in [6, 6.07) is 3.45. The highest BCUT2D eigenvalue weighted by Gasteiger charge is 2.12. The van der Waals surface area contributed by atoms with Gasteiger partial charge >= 0.3 is 5.97 Å². The molecule has 2 rings (SSSR count). The zero-order valence-corrected chi connectivity index (χ0v) is 7.46. The van der Waals surface area contributed by atoms with Crippen molar-refractivity contribution in [3.05, 3.63) is 42.2 Å². The maximum atomic E-state index is 12.8. The van der Waals surface area contributed by atoms with Crippen molar-refractivity contribution in [2.24, 2.45) is 0 Å². The first-order valence-electron chi connectivity index (χ1n) is 4.06. The first-order valence-corrected chi connectivity index (χ1v) is 4.06. The Hall–Kier alpha value is -2.24. The molecule has 0 saturated heterocycles. The highest BCUT2D eigenvalue weighted by atomic mass is 19.1. The number of hydrogen-bond donors (Lipinski definition) is 1. The van der Waals surface area contributed by atoms with E-state index >= 15 is 0 Å². The van der Waals surface area contributed by atoms with Gasteiger partial charge in [0, 0.05) is 0 Å². The molecule has 1 N–H and O–H groups in total. The van der Waals surface area contributed by atoms with E-state index in [0.717, 1.165) is 6.07 Å². The largest absolute Gasteiger partial charge is 0.478 e. The van der Waals surface area contributed by atoms with Crippen LogP contribution in [0.5, 0.6) is 0 Å². The van der Waals surface area contributed by atoms with Gasteiger partial charge in [-0.05, 0) is 18.2 Å². The van der Waals surface area contributed by atoms with Crippen LogP contribution in [0, 0.1) is 5.82 Å². The molecule has 0 saturated carbocycles. The Balaban J connectivity index is 2.61. The molecule has 6 heteroatoms. The van der Waals surface area contributed by atoms with Crippen molar-refractivity contribution in [2.45, 2.75) is 0 Å². The lowest BCUT2D eigenvalue weighted by Gasteiger charge is -2.04. The summed E-state index contributed by atoms with van der Waals surface area (Å²) < 4.78 is 14.1. The molecule has 0 atom stereocenters. The fraction of sp³-hybridized carbons (Fsp3) is 0. The van der Waals surface area contributed by atoms with E-state index < -0.39 is 11.8 Å². The summed E-state index contributed by atoms with van der Waals surface area (Å²) in [6.45, 7) is 0. The Bertz CT molecular complexity index is 496. The van der Waals surface area contributed by atoms with Crippen LogP contribution in [0.1, 0.15) is 10.4 Å². The minimum Gasteiger partial charge on any atom is -0.478 e. The quantitative estimate of drug-likeness (QED) is 0.800. The summed E-state index contributed by atoms with van der Waals surface area (Å²) in [7, 11) is 0. The van der Waals surface area contributed by atoms with Gasteiger partial charge in [-0.1, -0.05) is 0 Å². The van der Waals surface area contributed by atoms with Gasteiger partial charge in [0.25, 0.3) is 0 Å². The summed E-state index contributed by atoms with van der Waals surface area (Å²) in [6.07, 6.45) is 2.62. The predicted molar refractivity (Wildman–Crippen MR) is 48.3 cm³/mol. The van der Waals surface area contributed by atoms with Gasteiger partial charge < -0.3 is 5.11 Å². The van der Waals surface area contributed by atoms with E-state index in [4.69, 9.17) is 5.11 Å². The van der Waals surface area contributed by atoms with Crippen LogP contribution in [0.25, 0.3) is 5.69 Å². The van der Waals surface area contributed by atoms with Gasteiger partial charge in [-0.3, -0.25) is 0 Å². The van der Waals surface area contributed by atoms with E-state index in [1.54, 1.807) is 0 Å². The number of halogens is 1. The van der Waals surface area contributed by atoms with Crippen LogP contribution in [0.3, 0.4) is 0 Å². The van der Waals surface area contributed by atoms with Crippen LogP contribution in [0.4, 0.5) is 4.39 Å². The molecule has 0 amide bonds. The van der Waals surface area contributed by atoms with Gasteiger partial charge in [0.1, 0.15) is 18.5 Å². The fourth-order valence-electron chi connectivity index (χ4n) is 1.21. The van der Waals surface area contributed by atoms with Crippen molar-refractivity contribution >= 4 is 5.97 Å². The summed E-state index contributed by atoms with van der Waals surface area (Å²) >= 11 is 0. The Morgan fingerprint density at radius 2 is 2.27 bits per heavy atom. The van der Waals surface area contributed by atoms with E-state index in [0.29, 0.717) is 0 Å². The Morgan fingerprint density at radius 3 is 2.87 bits per heavy atom. The Labute approximate surface area is 83.8 Å². The highest BCUT2D eigenvalue weighted by molar-refractivity contribution is 5.91. The first-order chi connectivity index (χ1) is 7.18. The molecular weight excluding hydrogens is 201 g/mol. The summed E-state index contributed by atoms with van der Waals surface area (Å²) in [4.78, 5) is 14.5. The molecule has 0 fully saturated rings. The second-order valence-electron chi connectivity index (χ2n) is 2.81. The third-order valence-electron chi connectivity index (χ3n) is 1.85. The van der Waals surface area contributed by atoms with Gasteiger partial charge in [-0.15, -0.1) is 0 Å².